The quantitative estimate of drug-likeness (QED) is 0.0273. The summed E-state index contributed by atoms with van der Waals surface area (Å²) in [6.07, 6.45) is 5.28. The molecule has 0 saturated carbocycles. The number of phenols is 2. The summed E-state index contributed by atoms with van der Waals surface area (Å²) in [5.41, 5.74) is 9.01. The highest BCUT2D eigenvalue weighted by molar-refractivity contribution is 6.53. The molecule has 12 N–H and O–H groups in total. The van der Waals surface area contributed by atoms with Crippen LogP contribution in [0.25, 0.3) is 0 Å². The third-order valence-corrected chi connectivity index (χ3v) is 7.73. The van der Waals surface area contributed by atoms with E-state index in [1.807, 2.05) is 18.2 Å². The monoisotopic (exact) mass is 784 g/mol. The average molecular weight is 785 g/mol. The van der Waals surface area contributed by atoms with Crippen molar-refractivity contribution in [2.45, 2.75) is 77.9 Å². The molecule has 0 fully saturated rings. The summed E-state index contributed by atoms with van der Waals surface area (Å²) in [4.78, 5) is 46.2. The average Bonchev–Trinajstić information content (AvgIpc) is 3.13. The van der Waals surface area contributed by atoms with Gasteiger partial charge in [-0.3, -0.25) is 19.2 Å². The molecule has 4 aromatic carbocycles. The summed E-state index contributed by atoms with van der Waals surface area (Å²) in [7, 11) is -1.43. The van der Waals surface area contributed by atoms with Crippen molar-refractivity contribution in [2.24, 2.45) is 0 Å². The van der Waals surface area contributed by atoms with Gasteiger partial charge in [-0.2, -0.15) is 0 Å². The van der Waals surface area contributed by atoms with Gasteiger partial charge in [0.15, 0.2) is 0 Å². The maximum atomic E-state index is 12.1. The number of carboxylic acid groups (broad SMARTS) is 1. The maximum Gasteiger partial charge on any atom is 0.406 e. The molecule has 0 unspecified atom stereocenters. The first kappa shape index (κ1) is 47.0. The molecular formula is C40H54B2N6O9. The van der Waals surface area contributed by atoms with Crippen LogP contribution in [0.1, 0.15) is 64.2 Å². The van der Waals surface area contributed by atoms with E-state index in [0.29, 0.717) is 85.5 Å². The summed E-state index contributed by atoms with van der Waals surface area (Å²) in [5, 5.41) is 59.5. The summed E-state index contributed by atoms with van der Waals surface area (Å²) in [5.74, 6) is -0.834. The van der Waals surface area contributed by atoms with Crippen LogP contribution in [0, 0.1) is 0 Å². The number of unbranched alkanes of at least 4 members (excludes halogenated alkanes) is 4. The number of phenolic OH excluding ortho intramolecular Hbond substituents is 2. The van der Waals surface area contributed by atoms with Gasteiger partial charge in [-0.15, -0.1) is 0 Å². The lowest BCUT2D eigenvalue weighted by Gasteiger charge is -2.13. The van der Waals surface area contributed by atoms with Crippen LogP contribution in [-0.2, 0) is 19.2 Å². The Kier molecular flexibility index (Phi) is 21.9. The third-order valence-electron chi connectivity index (χ3n) is 7.73. The Morgan fingerprint density at radius 1 is 0.526 bits per heavy atom. The number of rotatable bonds is 19. The largest absolute Gasteiger partial charge is 0.508 e. The number of hydrogen-bond donors (Lipinski definition) is 11. The zero-order valence-electron chi connectivity index (χ0n) is 32.4. The van der Waals surface area contributed by atoms with Crippen LogP contribution in [0.2, 0.25) is 13.6 Å². The molecule has 3 amide bonds. The van der Waals surface area contributed by atoms with Crippen molar-refractivity contribution >= 4 is 71.9 Å². The van der Waals surface area contributed by atoms with Crippen molar-refractivity contribution in [1.29, 1.82) is 0 Å². The molecule has 0 spiro atoms. The number of aliphatic carboxylic acids is 1. The molecule has 57 heavy (non-hydrogen) atoms. The lowest BCUT2D eigenvalue weighted by atomic mass is 9.88. The molecular weight excluding hydrogens is 730 g/mol. The number of nitrogens with two attached hydrogens (primary N) is 1. The first-order valence-electron chi connectivity index (χ1n) is 18.7. The predicted molar refractivity (Wildman–Crippen MR) is 228 cm³/mol. The summed E-state index contributed by atoms with van der Waals surface area (Å²) in [6, 6.07) is 27.2. The van der Waals surface area contributed by atoms with E-state index in [1.165, 1.54) is 12.1 Å². The fourth-order valence-corrected chi connectivity index (χ4v) is 5.13. The minimum Gasteiger partial charge on any atom is -0.508 e. The molecule has 4 rings (SSSR count). The molecule has 0 heterocycles. The molecule has 0 aliphatic rings. The van der Waals surface area contributed by atoms with E-state index in [9.17, 15) is 34.3 Å². The van der Waals surface area contributed by atoms with E-state index >= 15 is 0 Å². The molecule has 0 bridgehead atoms. The fraction of sp³-hybridized carbons (Fsp3) is 0.300. The topological polar surface area (TPSA) is 256 Å². The molecule has 304 valence electrons. The van der Waals surface area contributed by atoms with E-state index in [1.54, 1.807) is 80.4 Å². The van der Waals surface area contributed by atoms with Gasteiger partial charge in [-0.05, 0) is 87.9 Å². The highest BCUT2D eigenvalue weighted by Gasteiger charge is 2.11. The van der Waals surface area contributed by atoms with Crippen molar-refractivity contribution in [1.82, 2.24) is 0 Å². The van der Waals surface area contributed by atoms with E-state index in [2.05, 4.69) is 26.4 Å². The number of nitrogens with one attached hydrogen (secondary N) is 5. The van der Waals surface area contributed by atoms with Crippen molar-refractivity contribution in [2.75, 3.05) is 32.1 Å². The Hall–Kier alpha value is -6.19. The van der Waals surface area contributed by atoms with E-state index in [4.69, 9.17) is 15.9 Å². The number of benzene rings is 4. The number of hydrogen-bond acceptors (Lipinski definition) is 11. The van der Waals surface area contributed by atoms with Crippen LogP contribution in [-0.4, -0.2) is 63.2 Å². The minimum absolute atomic E-state index is 0.106. The van der Waals surface area contributed by atoms with E-state index < -0.39 is 20.1 Å². The molecule has 0 aliphatic carbocycles. The third kappa shape index (κ3) is 22.1. The number of para-hydroxylation sites is 4. The van der Waals surface area contributed by atoms with Gasteiger partial charge in [0, 0.05) is 60.6 Å². The van der Waals surface area contributed by atoms with E-state index in [-0.39, 0.29) is 35.6 Å². The lowest BCUT2D eigenvalue weighted by molar-refractivity contribution is -0.137. The summed E-state index contributed by atoms with van der Waals surface area (Å²) >= 11 is 0. The summed E-state index contributed by atoms with van der Waals surface area (Å²) < 4.78 is 0. The van der Waals surface area contributed by atoms with Crippen LogP contribution < -0.4 is 32.1 Å². The second-order valence-corrected chi connectivity index (χ2v) is 13.0. The summed E-state index contributed by atoms with van der Waals surface area (Å²) in [6.45, 7) is 3.20. The van der Waals surface area contributed by atoms with Gasteiger partial charge in [0.05, 0.1) is 11.4 Å². The van der Waals surface area contributed by atoms with Crippen LogP contribution in [0.15, 0.2) is 97.1 Å². The molecule has 0 aromatic heterocycles. The molecule has 0 atom stereocenters. The van der Waals surface area contributed by atoms with Gasteiger partial charge in [-0.25, -0.2) is 0 Å². The number of carbonyl (C=O) groups excluding carboxylic acids is 3. The second-order valence-electron chi connectivity index (χ2n) is 13.0. The number of aromatic hydroxyl groups is 2. The normalized spacial score (nSPS) is 9.96. The molecule has 0 saturated heterocycles. The van der Waals surface area contributed by atoms with Crippen LogP contribution in [0.4, 0.5) is 34.1 Å². The van der Waals surface area contributed by atoms with Gasteiger partial charge in [-0.1, -0.05) is 49.2 Å². The van der Waals surface area contributed by atoms with Crippen molar-refractivity contribution < 1.29 is 44.5 Å². The Balaban J connectivity index is 0.000000338. The molecule has 0 aliphatic heterocycles. The zero-order chi connectivity index (χ0) is 42.0. The van der Waals surface area contributed by atoms with Gasteiger partial charge < -0.3 is 57.5 Å². The smallest absolute Gasteiger partial charge is 0.406 e. The predicted octanol–water partition coefficient (Wildman–Crippen LogP) is 6.60. The van der Waals surface area contributed by atoms with Gasteiger partial charge in [0.2, 0.25) is 17.7 Å². The highest BCUT2D eigenvalue weighted by atomic mass is 16.4. The maximum absolute atomic E-state index is 12.1. The van der Waals surface area contributed by atoms with E-state index in [0.717, 1.165) is 6.42 Å². The number of nitrogen functional groups attached to an aromatic ring is 1. The fourth-order valence-electron chi connectivity index (χ4n) is 5.13. The number of amides is 3. The Morgan fingerprint density at radius 2 is 0.930 bits per heavy atom. The van der Waals surface area contributed by atoms with Crippen molar-refractivity contribution in [3.63, 3.8) is 0 Å². The molecule has 4 aromatic rings. The second kappa shape index (κ2) is 26.6. The Morgan fingerprint density at radius 3 is 1.32 bits per heavy atom. The minimum atomic E-state index is -0.808. The SMILES string of the molecule is CB(O)Nc1ccccc1NC(=O)CCCCCC(=O)Nc1cccc(O)c1.CB(O)Nc1ccccc1NC(=O)CCCCCC(=O)O.Nc1cccc(O)c1. The standard InChI is InChI=1S/C20H26BN3O4.C14H21BN2O4.C6H7NO/c1-21(28)24-18-11-6-5-10-17(18)23-20(27)13-4-2-3-12-19(26)22-15-8-7-9-16(25)14-15;1-15(21)17-12-8-6-5-7-11(12)16-13(18)9-3-2-4-10-14(19)20;7-5-2-1-3-6(8)4-5/h5-11,14,24-25,28H,2-4,12-13H2,1H3,(H,22,26)(H,23,27);5-8,17,21H,2-4,9-10H2,1H3,(H,16,18)(H,19,20);1-4,8H,7H2. The van der Waals surface area contributed by atoms with Crippen LogP contribution in [0.5, 0.6) is 11.5 Å². The first-order valence-corrected chi connectivity index (χ1v) is 18.7. The van der Waals surface area contributed by atoms with Crippen LogP contribution >= 0.6 is 0 Å². The van der Waals surface area contributed by atoms with Gasteiger partial charge in [0.25, 0.3) is 0 Å². The Labute approximate surface area is 334 Å². The van der Waals surface area contributed by atoms with Crippen LogP contribution in [0.3, 0.4) is 0 Å². The first-order chi connectivity index (χ1) is 27.2. The Bertz CT molecular complexity index is 1830. The number of anilines is 6. The number of carboxylic acids is 1. The molecule has 17 heteroatoms. The molecule has 15 nitrogen and oxygen atoms in total. The number of carbonyl (C=O) groups is 4. The zero-order valence-corrected chi connectivity index (χ0v) is 32.4. The molecule has 0 radical (unpaired) electrons. The lowest BCUT2D eigenvalue weighted by Crippen LogP contribution is -2.21. The van der Waals surface area contributed by atoms with Crippen molar-refractivity contribution in [3.05, 3.63) is 97.1 Å². The van der Waals surface area contributed by atoms with Gasteiger partial charge in [0.1, 0.15) is 11.5 Å². The van der Waals surface area contributed by atoms with Crippen molar-refractivity contribution in [3.8, 4) is 11.5 Å². The van der Waals surface area contributed by atoms with Gasteiger partial charge >= 0.3 is 20.1 Å². The highest BCUT2D eigenvalue weighted by Crippen LogP contribution is 2.23.